The largest absolute Gasteiger partial charge is 0.497 e. The van der Waals surface area contributed by atoms with Crippen molar-refractivity contribution in [3.05, 3.63) is 53.6 Å². The Balaban J connectivity index is 2.40. The van der Waals surface area contributed by atoms with Crippen LogP contribution in [0.3, 0.4) is 0 Å². The van der Waals surface area contributed by atoms with E-state index in [2.05, 4.69) is 0 Å². The van der Waals surface area contributed by atoms with Crippen molar-refractivity contribution in [2.75, 3.05) is 25.7 Å². The predicted octanol–water partition coefficient (Wildman–Crippen LogP) is 3.68. The Hall–Kier alpha value is -2.49. The molecule has 2 rings (SSSR count). The minimum atomic E-state index is -0.0784. The summed E-state index contributed by atoms with van der Waals surface area (Å²) in [6.07, 6.45) is 0. The highest BCUT2D eigenvalue weighted by molar-refractivity contribution is 6.06. The van der Waals surface area contributed by atoms with Gasteiger partial charge < -0.3 is 14.4 Å². The number of hydrogen-bond donors (Lipinski definition) is 0. The van der Waals surface area contributed by atoms with Gasteiger partial charge in [0.1, 0.15) is 11.5 Å². The number of nitrogens with zero attached hydrogens (tertiary/aromatic N) is 1. The number of anilines is 1. The smallest absolute Gasteiger partial charge is 0.258 e. The van der Waals surface area contributed by atoms with E-state index in [4.69, 9.17) is 9.47 Å². The van der Waals surface area contributed by atoms with E-state index in [-0.39, 0.29) is 5.91 Å². The van der Waals surface area contributed by atoms with Crippen LogP contribution in [0, 0.1) is 6.92 Å². The molecule has 0 aliphatic rings. The molecule has 2 aromatic rings. The zero-order valence-electron chi connectivity index (χ0n) is 13.4. The molecule has 0 bridgehead atoms. The van der Waals surface area contributed by atoms with Gasteiger partial charge >= 0.3 is 0 Å². The Labute approximate surface area is 131 Å². The van der Waals surface area contributed by atoms with Crippen molar-refractivity contribution in [1.82, 2.24) is 0 Å². The summed E-state index contributed by atoms with van der Waals surface area (Å²) in [5.74, 6) is 1.12. The van der Waals surface area contributed by atoms with Crippen molar-refractivity contribution in [2.24, 2.45) is 0 Å². The van der Waals surface area contributed by atoms with E-state index in [1.807, 2.05) is 38.1 Å². The lowest BCUT2D eigenvalue weighted by molar-refractivity contribution is 0.0987. The lowest BCUT2D eigenvalue weighted by Gasteiger charge is -2.22. The van der Waals surface area contributed by atoms with Crippen LogP contribution >= 0.6 is 0 Å². The number of hydrogen-bond acceptors (Lipinski definition) is 3. The molecule has 0 atom stereocenters. The number of benzene rings is 2. The molecule has 0 saturated heterocycles. The molecular formula is C18H21NO3. The molecule has 4 nitrogen and oxygen atoms in total. The highest BCUT2D eigenvalue weighted by atomic mass is 16.5. The van der Waals surface area contributed by atoms with Gasteiger partial charge in [-0.05, 0) is 43.7 Å². The fourth-order valence-electron chi connectivity index (χ4n) is 2.33. The molecule has 0 fully saturated rings. The number of ether oxygens (including phenoxy) is 2. The van der Waals surface area contributed by atoms with Crippen LogP contribution in [-0.4, -0.2) is 26.7 Å². The van der Waals surface area contributed by atoms with Crippen LogP contribution in [0.15, 0.2) is 42.5 Å². The summed E-state index contributed by atoms with van der Waals surface area (Å²) in [6.45, 7) is 4.55. The van der Waals surface area contributed by atoms with E-state index in [9.17, 15) is 4.79 Å². The summed E-state index contributed by atoms with van der Waals surface area (Å²) < 4.78 is 10.5. The molecule has 0 unspecified atom stereocenters. The molecule has 0 saturated carbocycles. The number of methoxy groups -OCH3 is 2. The molecule has 0 aliphatic heterocycles. The van der Waals surface area contributed by atoms with E-state index in [0.29, 0.717) is 23.6 Å². The molecule has 0 radical (unpaired) electrons. The van der Waals surface area contributed by atoms with Crippen molar-refractivity contribution in [3.63, 3.8) is 0 Å². The van der Waals surface area contributed by atoms with E-state index in [0.717, 1.165) is 11.3 Å². The van der Waals surface area contributed by atoms with Crippen molar-refractivity contribution in [2.45, 2.75) is 13.8 Å². The average molecular weight is 299 g/mol. The fraction of sp³-hybridized carbons (Fsp3) is 0.278. The third kappa shape index (κ3) is 3.39. The van der Waals surface area contributed by atoms with Gasteiger partial charge in [0.15, 0.2) is 0 Å². The first kappa shape index (κ1) is 15.9. The Kier molecular flexibility index (Phi) is 5.04. The lowest BCUT2D eigenvalue weighted by Crippen LogP contribution is -2.30. The summed E-state index contributed by atoms with van der Waals surface area (Å²) in [7, 11) is 3.14. The standard InChI is InChI=1S/C18H21NO3/c1-5-19(15-8-6-7-13(2)9-15)18(20)14-10-16(21-3)12-17(11-14)22-4/h6-12H,5H2,1-4H3. The van der Waals surface area contributed by atoms with Crippen LogP contribution in [-0.2, 0) is 0 Å². The number of rotatable bonds is 5. The number of aryl methyl sites for hydroxylation is 1. The second-order valence-corrected chi connectivity index (χ2v) is 4.99. The number of carbonyl (C=O) groups excluding carboxylic acids is 1. The van der Waals surface area contributed by atoms with E-state index in [1.54, 1.807) is 37.3 Å². The van der Waals surface area contributed by atoms with Gasteiger partial charge in [0, 0.05) is 23.9 Å². The molecule has 4 heteroatoms. The lowest BCUT2D eigenvalue weighted by atomic mass is 10.1. The number of amides is 1. The first-order valence-electron chi connectivity index (χ1n) is 7.20. The molecule has 0 aromatic heterocycles. The minimum Gasteiger partial charge on any atom is -0.497 e. The Morgan fingerprint density at radius 3 is 2.18 bits per heavy atom. The fourth-order valence-corrected chi connectivity index (χ4v) is 2.33. The maximum Gasteiger partial charge on any atom is 0.258 e. The van der Waals surface area contributed by atoms with E-state index < -0.39 is 0 Å². The Morgan fingerprint density at radius 1 is 1.05 bits per heavy atom. The molecule has 1 amide bonds. The van der Waals surface area contributed by atoms with Crippen molar-refractivity contribution >= 4 is 11.6 Å². The van der Waals surface area contributed by atoms with Crippen LogP contribution in [0.1, 0.15) is 22.8 Å². The van der Waals surface area contributed by atoms with Gasteiger partial charge in [0.25, 0.3) is 5.91 Å². The second kappa shape index (κ2) is 6.98. The molecule has 116 valence electrons. The number of carbonyl (C=O) groups is 1. The second-order valence-electron chi connectivity index (χ2n) is 4.99. The maximum absolute atomic E-state index is 12.8. The quantitative estimate of drug-likeness (QED) is 0.845. The third-order valence-electron chi connectivity index (χ3n) is 3.47. The van der Waals surface area contributed by atoms with E-state index in [1.165, 1.54) is 0 Å². The van der Waals surface area contributed by atoms with Gasteiger partial charge in [-0.1, -0.05) is 12.1 Å². The van der Waals surface area contributed by atoms with Gasteiger partial charge in [0.05, 0.1) is 14.2 Å². The monoisotopic (exact) mass is 299 g/mol. The molecular weight excluding hydrogens is 278 g/mol. The topological polar surface area (TPSA) is 38.8 Å². The zero-order chi connectivity index (χ0) is 16.1. The SMILES string of the molecule is CCN(C(=O)c1cc(OC)cc(OC)c1)c1cccc(C)c1. The van der Waals surface area contributed by atoms with Gasteiger partial charge in [0.2, 0.25) is 0 Å². The Morgan fingerprint density at radius 2 is 1.68 bits per heavy atom. The molecule has 0 N–H and O–H groups in total. The highest BCUT2D eigenvalue weighted by Crippen LogP contribution is 2.25. The Bertz CT molecular complexity index is 645. The minimum absolute atomic E-state index is 0.0784. The zero-order valence-corrected chi connectivity index (χ0v) is 13.4. The maximum atomic E-state index is 12.8. The van der Waals surface area contributed by atoms with Crippen molar-refractivity contribution < 1.29 is 14.3 Å². The van der Waals surface area contributed by atoms with E-state index >= 15 is 0 Å². The first-order chi connectivity index (χ1) is 10.6. The van der Waals surface area contributed by atoms with Crippen LogP contribution < -0.4 is 14.4 Å². The molecule has 0 heterocycles. The van der Waals surface area contributed by atoms with Gasteiger partial charge in [-0.3, -0.25) is 4.79 Å². The van der Waals surface area contributed by atoms with Crippen LogP contribution in [0.25, 0.3) is 0 Å². The molecule has 0 aliphatic carbocycles. The van der Waals surface area contributed by atoms with Crippen molar-refractivity contribution in [3.8, 4) is 11.5 Å². The third-order valence-corrected chi connectivity index (χ3v) is 3.47. The predicted molar refractivity (Wildman–Crippen MR) is 88.1 cm³/mol. The summed E-state index contributed by atoms with van der Waals surface area (Å²) in [4.78, 5) is 14.6. The van der Waals surface area contributed by atoms with Gasteiger partial charge in [-0.15, -0.1) is 0 Å². The summed E-state index contributed by atoms with van der Waals surface area (Å²) in [6, 6.07) is 13.1. The van der Waals surface area contributed by atoms with Crippen molar-refractivity contribution in [1.29, 1.82) is 0 Å². The normalized spacial score (nSPS) is 10.2. The van der Waals surface area contributed by atoms with Crippen LogP contribution in [0.2, 0.25) is 0 Å². The summed E-state index contributed by atoms with van der Waals surface area (Å²) in [5.41, 5.74) is 2.54. The highest BCUT2D eigenvalue weighted by Gasteiger charge is 2.18. The van der Waals surface area contributed by atoms with Crippen LogP contribution in [0.4, 0.5) is 5.69 Å². The van der Waals surface area contributed by atoms with Gasteiger partial charge in [-0.2, -0.15) is 0 Å². The molecule has 2 aromatic carbocycles. The summed E-state index contributed by atoms with van der Waals surface area (Å²) in [5, 5.41) is 0. The summed E-state index contributed by atoms with van der Waals surface area (Å²) >= 11 is 0. The molecule has 22 heavy (non-hydrogen) atoms. The van der Waals surface area contributed by atoms with Crippen LogP contribution in [0.5, 0.6) is 11.5 Å². The molecule has 0 spiro atoms. The van der Waals surface area contributed by atoms with Gasteiger partial charge in [-0.25, -0.2) is 0 Å². The average Bonchev–Trinajstić information content (AvgIpc) is 2.55. The first-order valence-corrected chi connectivity index (χ1v) is 7.20.